The molecular formula is C15H22FN3O7. The number of alkyl halides is 1. The Bertz CT molecular complexity index is 777. The number of rotatable bonds is 6. The summed E-state index contributed by atoms with van der Waals surface area (Å²) in [6, 6.07) is -0.936. The highest BCUT2D eigenvalue weighted by Crippen LogP contribution is 2.37. The number of hydrogen-bond donors (Lipinski definition) is 4. The lowest BCUT2D eigenvalue weighted by molar-refractivity contribution is -0.196. The highest BCUT2D eigenvalue weighted by molar-refractivity contribution is 5.75. The number of aromatic amines is 1. The molecule has 0 aromatic carbocycles. The minimum Gasteiger partial charge on any atom is -0.458 e. The predicted octanol–water partition coefficient (Wildman–Crippen LogP) is -1.50. The van der Waals surface area contributed by atoms with Gasteiger partial charge in [0.05, 0.1) is 12.2 Å². The summed E-state index contributed by atoms with van der Waals surface area (Å²) < 4.78 is 25.4. The molecule has 1 saturated heterocycles. The number of ether oxygens (including phenoxy) is 2. The first-order chi connectivity index (χ1) is 12.1. The SMILES string of the molecule is CC(C)[C@H](N)C(=O)OC[C@]1(F)C[C@@H](O)[C@H](n2cc(CO)c(=O)[nH]c2=O)O1. The number of carbonyl (C=O) groups excluding carboxylic acids is 1. The van der Waals surface area contributed by atoms with E-state index in [1.54, 1.807) is 13.8 Å². The maximum Gasteiger partial charge on any atom is 0.330 e. The Morgan fingerprint density at radius 1 is 1.58 bits per heavy atom. The lowest BCUT2D eigenvalue weighted by Crippen LogP contribution is -2.40. The monoisotopic (exact) mass is 375 g/mol. The molecule has 0 radical (unpaired) electrons. The van der Waals surface area contributed by atoms with Gasteiger partial charge in [0, 0.05) is 12.6 Å². The van der Waals surface area contributed by atoms with Gasteiger partial charge in [-0.25, -0.2) is 9.18 Å². The summed E-state index contributed by atoms with van der Waals surface area (Å²) in [7, 11) is 0. The number of nitrogens with two attached hydrogens (primary N) is 1. The first-order valence-electron chi connectivity index (χ1n) is 8.00. The first kappa shape index (κ1) is 20.2. The maximum atomic E-state index is 14.8. The molecule has 1 aromatic rings. The van der Waals surface area contributed by atoms with E-state index in [1.807, 2.05) is 4.98 Å². The molecule has 0 bridgehead atoms. The molecule has 0 amide bonds. The molecule has 26 heavy (non-hydrogen) atoms. The molecule has 1 aromatic heterocycles. The molecular weight excluding hydrogens is 353 g/mol. The summed E-state index contributed by atoms with van der Waals surface area (Å²) in [6.07, 6.45) is -2.51. The van der Waals surface area contributed by atoms with Crippen molar-refractivity contribution in [3.63, 3.8) is 0 Å². The maximum absolute atomic E-state index is 14.8. The van der Waals surface area contributed by atoms with Crippen molar-refractivity contribution < 1.29 is 28.9 Å². The summed E-state index contributed by atoms with van der Waals surface area (Å²) in [5.74, 6) is -3.56. The molecule has 10 nitrogen and oxygen atoms in total. The summed E-state index contributed by atoms with van der Waals surface area (Å²) in [5.41, 5.74) is 3.70. The number of aliphatic hydroxyl groups is 2. The van der Waals surface area contributed by atoms with Crippen LogP contribution in [0.3, 0.4) is 0 Å². The van der Waals surface area contributed by atoms with Gasteiger partial charge < -0.3 is 25.4 Å². The molecule has 1 aliphatic rings. The van der Waals surface area contributed by atoms with Crippen LogP contribution in [0.15, 0.2) is 15.8 Å². The zero-order valence-electron chi connectivity index (χ0n) is 14.3. The molecule has 1 fully saturated rings. The number of aliphatic hydroxyl groups excluding tert-OH is 2. The van der Waals surface area contributed by atoms with Crippen molar-refractivity contribution in [3.8, 4) is 0 Å². The second-order valence-electron chi connectivity index (χ2n) is 6.52. The van der Waals surface area contributed by atoms with E-state index in [1.165, 1.54) is 0 Å². The average molecular weight is 375 g/mol. The summed E-state index contributed by atoms with van der Waals surface area (Å²) >= 11 is 0. The molecule has 2 heterocycles. The zero-order chi connectivity index (χ0) is 19.6. The number of halogens is 1. The highest BCUT2D eigenvalue weighted by atomic mass is 19.2. The van der Waals surface area contributed by atoms with Gasteiger partial charge in [0.1, 0.15) is 12.1 Å². The van der Waals surface area contributed by atoms with Crippen molar-refractivity contribution in [2.24, 2.45) is 11.7 Å². The van der Waals surface area contributed by atoms with E-state index in [-0.39, 0.29) is 11.5 Å². The van der Waals surface area contributed by atoms with Crippen LogP contribution < -0.4 is 17.0 Å². The largest absolute Gasteiger partial charge is 0.458 e. The van der Waals surface area contributed by atoms with E-state index in [4.69, 9.17) is 20.3 Å². The lowest BCUT2D eigenvalue weighted by atomic mass is 10.1. The molecule has 0 saturated carbocycles. The third-order valence-electron chi connectivity index (χ3n) is 4.08. The van der Waals surface area contributed by atoms with Gasteiger partial charge in [-0.05, 0) is 5.92 Å². The van der Waals surface area contributed by atoms with E-state index in [9.17, 15) is 23.9 Å². The van der Waals surface area contributed by atoms with Crippen molar-refractivity contribution in [3.05, 3.63) is 32.6 Å². The highest BCUT2D eigenvalue weighted by Gasteiger charge is 2.49. The Balaban J connectivity index is 2.15. The number of hydrogen-bond acceptors (Lipinski definition) is 8. The van der Waals surface area contributed by atoms with Crippen LogP contribution in [0.25, 0.3) is 0 Å². The van der Waals surface area contributed by atoms with Crippen LogP contribution in [-0.2, 0) is 20.9 Å². The first-order valence-corrected chi connectivity index (χ1v) is 8.00. The Hall–Kier alpha value is -2.08. The van der Waals surface area contributed by atoms with Crippen molar-refractivity contribution >= 4 is 5.97 Å². The third-order valence-corrected chi connectivity index (χ3v) is 4.08. The lowest BCUT2D eigenvalue weighted by Gasteiger charge is -2.22. The van der Waals surface area contributed by atoms with Gasteiger partial charge in [-0.1, -0.05) is 13.8 Å². The average Bonchev–Trinajstić information content (AvgIpc) is 2.87. The molecule has 4 atom stereocenters. The van der Waals surface area contributed by atoms with Crippen LogP contribution >= 0.6 is 0 Å². The Labute approximate surface area is 147 Å². The summed E-state index contributed by atoms with van der Waals surface area (Å²) in [6.45, 7) is 1.92. The predicted molar refractivity (Wildman–Crippen MR) is 85.6 cm³/mol. The molecule has 11 heteroatoms. The molecule has 146 valence electrons. The molecule has 0 unspecified atom stereocenters. The minimum absolute atomic E-state index is 0.161. The van der Waals surface area contributed by atoms with Crippen molar-refractivity contribution in [1.29, 1.82) is 0 Å². The fourth-order valence-corrected chi connectivity index (χ4v) is 2.47. The minimum atomic E-state index is -2.54. The molecule has 2 rings (SSSR count). The number of nitrogens with zero attached hydrogens (tertiary/aromatic N) is 1. The smallest absolute Gasteiger partial charge is 0.330 e. The number of esters is 1. The van der Waals surface area contributed by atoms with Crippen LogP contribution in [0.4, 0.5) is 4.39 Å². The van der Waals surface area contributed by atoms with Crippen molar-refractivity contribution in [2.75, 3.05) is 6.61 Å². The normalized spacial score (nSPS) is 26.9. The van der Waals surface area contributed by atoms with Gasteiger partial charge in [-0.15, -0.1) is 0 Å². The Morgan fingerprint density at radius 3 is 2.81 bits per heavy atom. The van der Waals surface area contributed by atoms with Gasteiger partial charge in [0.2, 0.25) is 5.85 Å². The summed E-state index contributed by atoms with van der Waals surface area (Å²) in [5, 5.41) is 19.2. The van der Waals surface area contributed by atoms with Crippen molar-refractivity contribution in [1.82, 2.24) is 9.55 Å². The van der Waals surface area contributed by atoms with E-state index < -0.39 is 61.1 Å². The number of nitrogens with one attached hydrogen (secondary N) is 1. The van der Waals surface area contributed by atoms with Crippen LogP contribution in [0.1, 0.15) is 32.1 Å². The van der Waals surface area contributed by atoms with E-state index in [2.05, 4.69) is 0 Å². The molecule has 0 aliphatic carbocycles. The van der Waals surface area contributed by atoms with Crippen LogP contribution in [0, 0.1) is 5.92 Å². The second kappa shape index (κ2) is 7.66. The molecule has 1 aliphatic heterocycles. The number of H-pyrrole nitrogens is 1. The van der Waals surface area contributed by atoms with Crippen LogP contribution in [0.5, 0.6) is 0 Å². The fraction of sp³-hybridized carbons (Fsp3) is 0.667. The number of carbonyl (C=O) groups is 1. The molecule has 5 N–H and O–H groups in total. The fourth-order valence-electron chi connectivity index (χ4n) is 2.47. The standard InChI is InChI=1S/C15H22FN3O7/c1-7(2)10(17)13(23)25-6-15(16)3-9(21)12(26-15)19-4-8(5-20)11(22)18-14(19)24/h4,7,9-10,12,20-21H,3,5-6,17H2,1-2H3,(H,18,22,24)/t9-,10+,12-,15+/m1/s1. The van der Waals surface area contributed by atoms with Gasteiger partial charge in [-0.2, -0.15) is 0 Å². The van der Waals surface area contributed by atoms with Gasteiger partial charge in [0.15, 0.2) is 12.8 Å². The zero-order valence-corrected chi connectivity index (χ0v) is 14.3. The van der Waals surface area contributed by atoms with E-state index >= 15 is 0 Å². The third kappa shape index (κ3) is 4.18. The van der Waals surface area contributed by atoms with Gasteiger partial charge in [0.25, 0.3) is 5.56 Å². The quantitative estimate of drug-likeness (QED) is 0.438. The van der Waals surface area contributed by atoms with Gasteiger partial charge in [-0.3, -0.25) is 19.1 Å². The van der Waals surface area contributed by atoms with E-state index in [0.29, 0.717) is 0 Å². The van der Waals surface area contributed by atoms with Crippen molar-refractivity contribution in [2.45, 2.75) is 51.1 Å². The topological polar surface area (TPSA) is 157 Å². The van der Waals surface area contributed by atoms with Crippen LogP contribution in [0.2, 0.25) is 0 Å². The van der Waals surface area contributed by atoms with Crippen LogP contribution in [-0.4, -0.2) is 50.3 Å². The molecule has 0 spiro atoms. The number of aromatic nitrogens is 2. The Morgan fingerprint density at radius 2 is 2.23 bits per heavy atom. The summed E-state index contributed by atoms with van der Waals surface area (Å²) in [4.78, 5) is 37.0. The van der Waals surface area contributed by atoms with Gasteiger partial charge >= 0.3 is 11.7 Å². The van der Waals surface area contributed by atoms with E-state index in [0.717, 1.165) is 10.8 Å². The Kier molecular flexibility index (Phi) is 5.96. The second-order valence-corrected chi connectivity index (χ2v) is 6.52.